The Morgan fingerprint density at radius 2 is 0.716 bits per heavy atom. The van der Waals surface area contributed by atoms with Crippen molar-refractivity contribution >= 4 is 11.9 Å². The number of amides is 1. The molecular formula is C61H117NO5. The fourth-order valence-electron chi connectivity index (χ4n) is 9.32. The molecule has 2 atom stereocenters. The van der Waals surface area contributed by atoms with E-state index in [1.807, 2.05) is 6.08 Å². The van der Waals surface area contributed by atoms with E-state index in [0.29, 0.717) is 19.4 Å². The SMILES string of the molecule is CCCC/C=C\CCCCCCCC(=O)OCCCCCCCCCCCCCCCCCCCCC(=O)NC(CO)C(O)/C=C/CCCCCCCCCCCCCCCCCCCCC. The van der Waals surface area contributed by atoms with Gasteiger partial charge in [0.1, 0.15) is 0 Å². The largest absolute Gasteiger partial charge is 0.466 e. The number of unbranched alkanes of at least 4 members (excludes halogenated alkanes) is 43. The molecule has 0 bridgehead atoms. The van der Waals surface area contributed by atoms with Crippen LogP contribution in [0.5, 0.6) is 0 Å². The molecule has 0 rings (SSSR count). The second-order valence-electron chi connectivity index (χ2n) is 20.7. The molecule has 0 aliphatic heterocycles. The number of ether oxygens (including phenoxy) is 1. The average molecular weight is 945 g/mol. The zero-order valence-electron chi connectivity index (χ0n) is 45.1. The summed E-state index contributed by atoms with van der Waals surface area (Å²) in [6, 6.07) is -0.631. The summed E-state index contributed by atoms with van der Waals surface area (Å²) in [5.74, 6) is -0.0735. The smallest absolute Gasteiger partial charge is 0.305 e. The van der Waals surface area contributed by atoms with Crippen LogP contribution in [0.3, 0.4) is 0 Å². The molecule has 3 N–H and O–H groups in total. The second kappa shape index (κ2) is 56.9. The van der Waals surface area contributed by atoms with Gasteiger partial charge < -0.3 is 20.3 Å². The van der Waals surface area contributed by atoms with Crippen LogP contribution in [0.2, 0.25) is 0 Å². The molecule has 0 aliphatic rings. The summed E-state index contributed by atoms with van der Waals surface area (Å²) in [6.45, 7) is 4.88. The highest BCUT2D eigenvalue weighted by atomic mass is 16.5. The number of carbonyl (C=O) groups is 2. The van der Waals surface area contributed by atoms with Gasteiger partial charge in [0.15, 0.2) is 0 Å². The first-order valence-electron chi connectivity index (χ1n) is 30.1. The molecule has 0 heterocycles. The lowest BCUT2D eigenvalue weighted by molar-refractivity contribution is -0.143. The van der Waals surface area contributed by atoms with E-state index in [1.165, 1.54) is 257 Å². The quantitative estimate of drug-likeness (QED) is 0.0321. The third kappa shape index (κ3) is 53.5. The maximum atomic E-state index is 12.5. The molecule has 1 amide bonds. The number of rotatable bonds is 56. The molecule has 0 aromatic heterocycles. The van der Waals surface area contributed by atoms with E-state index in [2.05, 4.69) is 31.3 Å². The van der Waals surface area contributed by atoms with Crippen molar-refractivity contribution in [2.75, 3.05) is 13.2 Å². The van der Waals surface area contributed by atoms with Crippen molar-refractivity contribution in [1.82, 2.24) is 5.32 Å². The molecule has 6 heteroatoms. The van der Waals surface area contributed by atoms with E-state index >= 15 is 0 Å². The summed E-state index contributed by atoms with van der Waals surface area (Å²) in [5.41, 5.74) is 0. The topological polar surface area (TPSA) is 95.9 Å². The summed E-state index contributed by atoms with van der Waals surface area (Å²) in [4.78, 5) is 24.5. The van der Waals surface area contributed by atoms with Crippen molar-refractivity contribution < 1.29 is 24.5 Å². The maximum Gasteiger partial charge on any atom is 0.305 e. The van der Waals surface area contributed by atoms with Gasteiger partial charge in [0.25, 0.3) is 0 Å². The lowest BCUT2D eigenvalue weighted by atomic mass is 10.0. The van der Waals surface area contributed by atoms with Crippen molar-refractivity contribution in [2.45, 2.75) is 341 Å². The Balaban J connectivity index is 3.45. The van der Waals surface area contributed by atoms with Crippen LogP contribution in [0.15, 0.2) is 24.3 Å². The number of carbonyl (C=O) groups excluding carboxylic acids is 2. The van der Waals surface area contributed by atoms with Crippen molar-refractivity contribution in [2.24, 2.45) is 0 Å². The van der Waals surface area contributed by atoms with Crippen LogP contribution in [-0.4, -0.2) is 47.4 Å². The van der Waals surface area contributed by atoms with E-state index in [1.54, 1.807) is 6.08 Å². The number of hydrogen-bond acceptors (Lipinski definition) is 5. The highest BCUT2D eigenvalue weighted by Crippen LogP contribution is 2.17. The van der Waals surface area contributed by atoms with Gasteiger partial charge in [-0.3, -0.25) is 9.59 Å². The minimum absolute atomic E-state index is 0.00424. The van der Waals surface area contributed by atoms with Crippen LogP contribution in [0.4, 0.5) is 0 Å². The van der Waals surface area contributed by atoms with Crippen LogP contribution in [0.25, 0.3) is 0 Å². The minimum atomic E-state index is -0.848. The lowest BCUT2D eigenvalue weighted by Gasteiger charge is -2.20. The van der Waals surface area contributed by atoms with Crippen molar-refractivity contribution in [1.29, 1.82) is 0 Å². The molecule has 0 aliphatic carbocycles. The Morgan fingerprint density at radius 1 is 0.403 bits per heavy atom. The van der Waals surface area contributed by atoms with Gasteiger partial charge in [0, 0.05) is 12.8 Å². The first-order valence-corrected chi connectivity index (χ1v) is 30.1. The van der Waals surface area contributed by atoms with Gasteiger partial charge in [-0.25, -0.2) is 0 Å². The number of nitrogens with one attached hydrogen (secondary N) is 1. The number of aliphatic hydroxyl groups excluding tert-OH is 2. The van der Waals surface area contributed by atoms with Gasteiger partial charge in [-0.1, -0.05) is 289 Å². The maximum absolute atomic E-state index is 12.5. The molecule has 0 radical (unpaired) electrons. The Bertz CT molecular complexity index is 1040. The van der Waals surface area contributed by atoms with E-state index in [4.69, 9.17) is 4.74 Å². The van der Waals surface area contributed by atoms with Crippen LogP contribution >= 0.6 is 0 Å². The molecular weight excluding hydrogens is 827 g/mol. The molecule has 67 heavy (non-hydrogen) atoms. The normalized spacial score (nSPS) is 12.7. The van der Waals surface area contributed by atoms with E-state index in [9.17, 15) is 19.8 Å². The third-order valence-electron chi connectivity index (χ3n) is 14.0. The minimum Gasteiger partial charge on any atom is -0.466 e. The molecule has 0 fully saturated rings. The van der Waals surface area contributed by atoms with Gasteiger partial charge >= 0.3 is 5.97 Å². The molecule has 0 spiro atoms. The zero-order valence-corrected chi connectivity index (χ0v) is 45.1. The highest BCUT2D eigenvalue weighted by Gasteiger charge is 2.18. The first kappa shape index (κ1) is 65.3. The monoisotopic (exact) mass is 944 g/mol. The van der Waals surface area contributed by atoms with Crippen LogP contribution in [0.1, 0.15) is 328 Å². The summed E-state index contributed by atoms with van der Waals surface area (Å²) in [6.07, 6.45) is 69.2. The molecule has 2 unspecified atom stereocenters. The van der Waals surface area contributed by atoms with Gasteiger partial charge in [0.05, 0.1) is 25.4 Å². The summed E-state index contributed by atoms with van der Waals surface area (Å²) in [7, 11) is 0. The first-order chi connectivity index (χ1) is 33.0. The van der Waals surface area contributed by atoms with Gasteiger partial charge in [-0.05, 0) is 51.4 Å². The molecule has 0 aromatic rings. The van der Waals surface area contributed by atoms with E-state index < -0.39 is 12.1 Å². The molecule has 396 valence electrons. The number of esters is 1. The fourth-order valence-corrected chi connectivity index (χ4v) is 9.32. The summed E-state index contributed by atoms with van der Waals surface area (Å²) < 4.78 is 5.45. The van der Waals surface area contributed by atoms with E-state index in [0.717, 1.165) is 44.9 Å². The average Bonchev–Trinajstić information content (AvgIpc) is 3.33. The Kier molecular flexibility index (Phi) is 55.5. The Labute approximate surface area is 418 Å². The van der Waals surface area contributed by atoms with Crippen molar-refractivity contribution in [3.63, 3.8) is 0 Å². The molecule has 6 nitrogen and oxygen atoms in total. The number of aliphatic hydroxyl groups is 2. The third-order valence-corrected chi connectivity index (χ3v) is 14.0. The summed E-state index contributed by atoms with van der Waals surface area (Å²) >= 11 is 0. The second-order valence-corrected chi connectivity index (χ2v) is 20.7. The van der Waals surface area contributed by atoms with Crippen molar-refractivity contribution in [3.05, 3.63) is 24.3 Å². The van der Waals surface area contributed by atoms with Crippen LogP contribution in [-0.2, 0) is 14.3 Å². The standard InChI is InChI=1S/C61H117NO5/c1-3-5-7-9-11-13-15-16-17-18-19-20-21-24-27-30-34-37-41-45-49-53-59(64)58(57-63)62-60(65)54-50-46-42-38-35-31-28-25-22-23-26-29-32-36-40-44-48-52-56-67-61(66)55-51-47-43-39-33-14-12-10-8-6-4-2/h10,12,49,53,58-59,63-64H,3-9,11,13-48,50-52,54-57H2,1-2H3,(H,62,65)/b12-10-,53-49+. The Hall–Kier alpha value is -1.66. The van der Waals surface area contributed by atoms with Gasteiger partial charge in [0.2, 0.25) is 5.91 Å². The molecule has 0 saturated heterocycles. The predicted molar refractivity (Wildman–Crippen MR) is 292 cm³/mol. The number of allylic oxidation sites excluding steroid dienone is 3. The highest BCUT2D eigenvalue weighted by molar-refractivity contribution is 5.76. The molecule has 0 aromatic carbocycles. The van der Waals surface area contributed by atoms with Crippen LogP contribution < -0.4 is 5.32 Å². The fraction of sp³-hybridized carbons (Fsp3) is 0.902. The molecule has 0 saturated carbocycles. The lowest BCUT2D eigenvalue weighted by Crippen LogP contribution is -2.45. The summed E-state index contributed by atoms with van der Waals surface area (Å²) in [5, 5.41) is 23.2. The van der Waals surface area contributed by atoms with Gasteiger partial charge in [-0.15, -0.1) is 0 Å². The predicted octanol–water partition coefficient (Wildman–Crippen LogP) is 18.6. The van der Waals surface area contributed by atoms with Gasteiger partial charge in [-0.2, -0.15) is 0 Å². The number of hydrogen-bond donors (Lipinski definition) is 3. The van der Waals surface area contributed by atoms with Crippen molar-refractivity contribution in [3.8, 4) is 0 Å². The Morgan fingerprint density at radius 3 is 1.10 bits per heavy atom. The zero-order chi connectivity index (χ0) is 48.6. The van der Waals surface area contributed by atoms with Crippen LogP contribution in [0, 0.1) is 0 Å². The van der Waals surface area contributed by atoms with E-state index in [-0.39, 0.29) is 18.5 Å².